The van der Waals surface area contributed by atoms with Crippen molar-refractivity contribution in [3.05, 3.63) is 59.1 Å². The first kappa shape index (κ1) is 22.8. The summed E-state index contributed by atoms with van der Waals surface area (Å²) in [5.41, 5.74) is -0.698. The van der Waals surface area contributed by atoms with Gasteiger partial charge in [-0.05, 0) is 61.0 Å². The molecule has 1 aliphatic rings. The van der Waals surface area contributed by atoms with Gasteiger partial charge in [-0.15, -0.1) is 0 Å². The fourth-order valence-electron chi connectivity index (χ4n) is 3.32. The number of aliphatic hydroxyl groups excluding tert-OH is 1. The summed E-state index contributed by atoms with van der Waals surface area (Å²) in [5.74, 6) is -0.194. The average molecular weight is 459 g/mol. The van der Waals surface area contributed by atoms with Crippen LogP contribution in [0.1, 0.15) is 18.4 Å². The molecule has 2 aromatic carbocycles. The number of hydrogen-bond donors (Lipinski definition) is 1. The number of likely N-dealkylation sites (tertiary alicyclic amines) is 1. The van der Waals surface area contributed by atoms with E-state index < -0.39 is 11.7 Å². The van der Waals surface area contributed by atoms with E-state index >= 15 is 0 Å². The van der Waals surface area contributed by atoms with Gasteiger partial charge in [-0.2, -0.15) is 13.2 Å². The highest BCUT2D eigenvalue weighted by Crippen LogP contribution is 2.39. The molecular formula is C21H22ClF3N2O2S. The van der Waals surface area contributed by atoms with E-state index in [0.717, 1.165) is 41.8 Å². The molecule has 30 heavy (non-hydrogen) atoms. The Morgan fingerprint density at radius 2 is 1.97 bits per heavy atom. The SMILES string of the molecule is O=C(CN(Sc1ccccc1)c1cc(C(F)(F)F)ccc1Cl)N1CCCC(CO)C1. The van der Waals surface area contributed by atoms with Crippen molar-refractivity contribution >= 4 is 35.1 Å². The van der Waals surface area contributed by atoms with E-state index in [9.17, 15) is 23.1 Å². The summed E-state index contributed by atoms with van der Waals surface area (Å²) in [6.45, 7) is 0.870. The fraction of sp³-hybridized carbons (Fsp3) is 0.381. The molecule has 0 aliphatic carbocycles. The number of halogens is 4. The smallest absolute Gasteiger partial charge is 0.396 e. The third-order valence-corrected chi connectivity index (χ3v) is 6.26. The maximum absolute atomic E-state index is 13.3. The van der Waals surface area contributed by atoms with Gasteiger partial charge in [-0.1, -0.05) is 29.8 Å². The number of benzene rings is 2. The molecule has 1 saturated heterocycles. The standard InChI is InChI=1S/C21H22ClF3N2O2S/c22-18-9-8-16(21(23,24)25)11-19(18)27(30-17-6-2-1-3-7-17)13-20(29)26-10-4-5-15(12-26)14-28/h1-3,6-9,11,15,28H,4-5,10,12-14H2. The van der Waals surface area contributed by atoms with Crippen LogP contribution in [0.3, 0.4) is 0 Å². The van der Waals surface area contributed by atoms with Gasteiger partial charge in [0.15, 0.2) is 0 Å². The zero-order chi connectivity index (χ0) is 21.7. The Labute approximate surface area is 182 Å². The van der Waals surface area contributed by atoms with E-state index in [0.29, 0.717) is 13.1 Å². The number of nitrogens with zero attached hydrogens (tertiary/aromatic N) is 2. The van der Waals surface area contributed by atoms with Crippen LogP contribution in [0, 0.1) is 5.92 Å². The number of carbonyl (C=O) groups is 1. The van der Waals surface area contributed by atoms with E-state index in [4.69, 9.17) is 11.6 Å². The summed E-state index contributed by atoms with van der Waals surface area (Å²) < 4.78 is 41.3. The molecule has 0 radical (unpaired) electrons. The van der Waals surface area contributed by atoms with E-state index in [-0.39, 0.29) is 35.7 Å². The molecule has 1 fully saturated rings. The van der Waals surface area contributed by atoms with Gasteiger partial charge >= 0.3 is 6.18 Å². The molecule has 0 aromatic heterocycles. The molecule has 1 unspecified atom stereocenters. The molecule has 162 valence electrons. The Balaban J connectivity index is 1.88. The van der Waals surface area contributed by atoms with Crippen LogP contribution in [0.2, 0.25) is 5.02 Å². The predicted molar refractivity (Wildman–Crippen MR) is 112 cm³/mol. The van der Waals surface area contributed by atoms with E-state index in [1.807, 2.05) is 30.3 Å². The van der Waals surface area contributed by atoms with Crippen molar-refractivity contribution in [1.82, 2.24) is 4.90 Å². The summed E-state index contributed by atoms with van der Waals surface area (Å²) in [6, 6.07) is 12.2. The molecule has 0 saturated carbocycles. The van der Waals surface area contributed by atoms with E-state index in [1.165, 1.54) is 10.4 Å². The van der Waals surface area contributed by atoms with Crippen molar-refractivity contribution in [2.24, 2.45) is 5.92 Å². The normalized spacial score (nSPS) is 17.1. The fourth-order valence-corrected chi connectivity index (χ4v) is 4.55. The minimum Gasteiger partial charge on any atom is -0.396 e. The molecule has 2 aromatic rings. The van der Waals surface area contributed by atoms with E-state index in [1.54, 1.807) is 4.90 Å². The highest BCUT2D eigenvalue weighted by molar-refractivity contribution is 8.00. The summed E-state index contributed by atoms with van der Waals surface area (Å²) in [6.07, 6.45) is -2.89. The molecule has 1 amide bonds. The molecule has 3 rings (SSSR count). The molecule has 1 heterocycles. The first-order chi connectivity index (χ1) is 14.3. The Morgan fingerprint density at radius 1 is 1.23 bits per heavy atom. The second-order valence-electron chi connectivity index (χ2n) is 7.14. The zero-order valence-electron chi connectivity index (χ0n) is 16.1. The first-order valence-electron chi connectivity index (χ1n) is 9.54. The van der Waals surface area contributed by atoms with Crippen molar-refractivity contribution in [3.63, 3.8) is 0 Å². The third-order valence-electron chi connectivity index (χ3n) is 4.91. The van der Waals surface area contributed by atoms with Crippen LogP contribution in [-0.4, -0.2) is 42.2 Å². The highest BCUT2D eigenvalue weighted by Gasteiger charge is 2.32. The summed E-state index contributed by atoms with van der Waals surface area (Å²) in [5, 5.41) is 9.54. The van der Waals surface area contributed by atoms with Crippen LogP contribution in [-0.2, 0) is 11.0 Å². The van der Waals surface area contributed by atoms with Crippen LogP contribution in [0.4, 0.5) is 18.9 Å². The van der Waals surface area contributed by atoms with Gasteiger partial charge in [0.2, 0.25) is 5.91 Å². The monoisotopic (exact) mass is 458 g/mol. The number of amides is 1. The summed E-state index contributed by atoms with van der Waals surface area (Å²) in [7, 11) is 0. The minimum absolute atomic E-state index is 0.00567. The van der Waals surface area contributed by atoms with Crippen molar-refractivity contribution in [3.8, 4) is 0 Å². The summed E-state index contributed by atoms with van der Waals surface area (Å²) >= 11 is 7.40. The minimum atomic E-state index is -4.52. The van der Waals surface area contributed by atoms with Gasteiger partial charge in [0.1, 0.15) is 6.54 Å². The van der Waals surface area contributed by atoms with Crippen molar-refractivity contribution in [2.75, 3.05) is 30.5 Å². The second-order valence-corrected chi connectivity index (χ2v) is 8.64. The van der Waals surface area contributed by atoms with Crippen molar-refractivity contribution < 1.29 is 23.1 Å². The highest BCUT2D eigenvalue weighted by atomic mass is 35.5. The number of hydrogen-bond acceptors (Lipinski definition) is 4. The lowest BCUT2D eigenvalue weighted by Crippen LogP contribution is -2.44. The molecule has 1 N–H and O–H groups in total. The van der Waals surface area contributed by atoms with Crippen LogP contribution in [0.25, 0.3) is 0 Å². The molecular weight excluding hydrogens is 437 g/mol. The van der Waals surface area contributed by atoms with Gasteiger partial charge < -0.3 is 14.3 Å². The van der Waals surface area contributed by atoms with Gasteiger partial charge in [0.25, 0.3) is 0 Å². The number of piperidine rings is 1. The van der Waals surface area contributed by atoms with Crippen molar-refractivity contribution in [2.45, 2.75) is 23.9 Å². The lowest BCUT2D eigenvalue weighted by molar-refractivity contribution is -0.137. The molecule has 0 spiro atoms. The predicted octanol–water partition coefficient (Wildman–Crippen LogP) is 5.10. The molecule has 0 bridgehead atoms. The van der Waals surface area contributed by atoms with Gasteiger partial charge in [-0.3, -0.25) is 4.79 Å². The van der Waals surface area contributed by atoms with Crippen LogP contribution in [0.5, 0.6) is 0 Å². The topological polar surface area (TPSA) is 43.8 Å². The number of aliphatic hydroxyl groups is 1. The van der Waals surface area contributed by atoms with Crippen LogP contribution >= 0.6 is 23.5 Å². The van der Waals surface area contributed by atoms with Gasteiger partial charge in [0, 0.05) is 24.6 Å². The van der Waals surface area contributed by atoms with Gasteiger partial charge in [0.05, 0.1) is 16.3 Å². The Kier molecular flexibility index (Phi) is 7.55. The maximum atomic E-state index is 13.3. The molecule has 4 nitrogen and oxygen atoms in total. The average Bonchev–Trinajstić information content (AvgIpc) is 2.73. The zero-order valence-corrected chi connectivity index (χ0v) is 17.7. The first-order valence-corrected chi connectivity index (χ1v) is 10.7. The lowest BCUT2D eigenvalue weighted by atomic mass is 9.99. The lowest BCUT2D eigenvalue weighted by Gasteiger charge is -2.34. The number of alkyl halides is 3. The quantitative estimate of drug-likeness (QED) is 0.611. The summed E-state index contributed by atoms with van der Waals surface area (Å²) in [4.78, 5) is 15.4. The molecule has 9 heteroatoms. The number of anilines is 1. The number of rotatable bonds is 6. The molecule has 1 aliphatic heterocycles. The van der Waals surface area contributed by atoms with Crippen LogP contribution in [0.15, 0.2) is 53.4 Å². The third kappa shape index (κ3) is 5.83. The van der Waals surface area contributed by atoms with E-state index in [2.05, 4.69) is 0 Å². The van der Waals surface area contributed by atoms with Crippen molar-refractivity contribution in [1.29, 1.82) is 0 Å². The van der Waals surface area contributed by atoms with Gasteiger partial charge in [-0.25, -0.2) is 0 Å². The molecule has 1 atom stereocenters. The second kappa shape index (κ2) is 9.94. The largest absolute Gasteiger partial charge is 0.416 e. The Morgan fingerprint density at radius 3 is 2.63 bits per heavy atom. The number of carbonyl (C=O) groups excluding carboxylic acids is 1. The maximum Gasteiger partial charge on any atom is 0.416 e. The Hall–Kier alpha value is -1.90. The Bertz CT molecular complexity index is 867. The van der Waals surface area contributed by atoms with Crippen LogP contribution < -0.4 is 4.31 Å².